The predicted octanol–water partition coefficient (Wildman–Crippen LogP) is 2.87. The zero-order valence-electron chi connectivity index (χ0n) is 15.6. The zero-order valence-corrected chi connectivity index (χ0v) is 15.6. The summed E-state index contributed by atoms with van der Waals surface area (Å²) in [5.41, 5.74) is 5.74. The highest BCUT2D eigenvalue weighted by Crippen LogP contribution is 2.60. The van der Waals surface area contributed by atoms with Crippen molar-refractivity contribution in [3.8, 4) is 0 Å². The van der Waals surface area contributed by atoms with Crippen molar-refractivity contribution in [2.75, 3.05) is 5.32 Å². The number of benzene rings is 1. The van der Waals surface area contributed by atoms with E-state index in [1.54, 1.807) is 31.2 Å². The molecular weight excluding hydrogens is 344 g/mol. The maximum absolute atomic E-state index is 12.9. The third-order valence-corrected chi connectivity index (χ3v) is 6.56. The summed E-state index contributed by atoms with van der Waals surface area (Å²) in [6, 6.07) is 6.30. The lowest BCUT2D eigenvalue weighted by Gasteiger charge is -2.55. The number of carbonyl (C=O) groups is 3. The molecule has 144 valence electrons. The smallest absolute Gasteiger partial charge is 0.312 e. The normalized spacial score (nSPS) is 32.0. The van der Waals surface area contributed by atoms with Gasteiger partial charge in [-0.3, -0.25) is 14.4 Å². The molecule has 3 N–H and O–H groups in total. The number of carbonyl (C=O) groups excluding carboxylic acids is 3. The number of rotatable bonds is 5. The number of anilines is 1. The molecule has 1 atom stereocenters. The molecule has 4 bridgehead atoms. The summed E-state index contributed by atoms with van der Waals surface area (Å²) < 4.78 is 5.61. The monoisotopic (exact) mass is 370 g/mol. The number of amides is 2. The number of hydrogen-bond acceptors (Lipinski definition) is 4. The lowest BCUT2D eigenvalue weighted by molar-refractivity contribution is -0.177. The molecule has 4 fully saturated rings. The highest BCUT2D eigenvalue weighted by molar-refractivity contribution is 5.97. The molecule has 4 aliphatic rings. The Morgan fingerprint density at radius 3 is 2.04 bits per heavy atom. The highest BCUT2D eigenvalue weighted by Gasteiger charge is 2.55. The topological polar surface area (TPSA) is 98.5 Å². The van der Waals surface area contributed by atoms with Gasteiger partial charge in [-0.15, -0.1) is 0 Å². The van der Waals surface area contributed by atoms with Crippen molar-refractivity contribution < 1.29 is 19.1 Å². The van der Waals surface area contributed by atoms with E-state index < -0.39 is 12.0 Å². The maximum Gasteiger partial charge on any atom is 0.312 e. The van der Waals surface area contributed by atoms with Gasteiger partial charge in [-0.1, -0.05) is 0 Å². The molecule has 0 aromatic heterocycles. The van der Waals surface area contributed by atoms with Crippen molar-refractivity contribution in [3.63, 3.8) is 0 Å². The molecule has 1 aromatic carbocycles. The summed E-state index contributed by atoms with van der Waals surface area (Å²) in [7, 11) is 0. The predicted molar refractivity (Wildman–Crippen MR) is 99.7 cm³/mol. The molecule has 27 heavy (non-hydrogen) atoms. The Hall–Kier alpha value is -2.37. The van der Waals surface area contributed by atoms with Crippen LogP contribution in [-0.4, -0.2) is 23.9 Å². The summed E-state index contributed by atoms with van der Waals surface area (Å²) >= 11 is 0. The van der Waals surface area contributed by atoms with Gasteiger partial charge >= 0.3 is 5.97 Å². The van der Waals surface area contributed by atoms with Crippen LogP contribution in [-0.2, 0) is 14.3 Å². The second-order valence-corrected chi connectivity index (χ2v) is 8.68. The first-order valence-electron chi connectivity index (χ1n) is 9.76. The third-order valence-electron chi connectivity index (χ3n) is 6.56. The lowest BCUT2D eigenvalue weighted by Crippen LogP contribution is -2.51. The second kappa shape index (κ2) is 6.66. The Kier molecular flexibility index (Phi) is 4.44. The minimum absolute atomic E-state index is 0.201. The number of primary amides is 1. The van der Waals surface area contributed by atoms with Crippen LogP contribution in [0.5, 0.6) is 0 Å². The van der Waals surface area contributed by atoms with Gasteiger partial charge in [0.2, 0.25) is 5.91 Å². The minimum Gasteiger partial charge on any atom is -0.452 e. The molecule has 0 spiro atoms. The van der Waals surface area contributed by atoms with Crippen molar-refractivity contribution >= 4 is 23.5 Å². The van der Waals surface area contributed by atoms with Gasteiger partial charge in [0.25, 0.3) is 5.91 Å². The molecule has 4 aliphatic carbocycles. The summed E-state index contributed by atoms with van der Waals surface area (Å²) in [6.45, 7) is 1.60. The summed E-state index contributed by atoms with van der Waals surface area (Å²) in [5.74, 6) is 0.851. The average Bonchev–Trinajstić information content (AvgIpc) is 2.60. The SMILES string of the molecule is C[C@H](OC(=O)C12CC3CC(CC(C3)C1)C2)C(=O)Nc1ccc(C(N)=O)cc1. The largest absolute Gasteiger partial charge is 0.452 e. The Morgan fingerprint density at radius 1 is 1.04 bits per heavy atom. The zero-order chi connectivity index (χ0) is 19.2. The number of ether oxygens (including phenoxy) is 1. The molecule has 5 rings (SSSR count). The fourth-order valence-electron chi connectivity index (χ4n) is 5.66. The molecule has 0 heterocycles. The fourth-order valence-corrected chi connectivity index (χ4v) is 5.66. The molecule has 4 saturated carbocycles. The van der Waals surface area contributed by atoms with E-state index in [2.05, 4.69) is 5.32 Å². The summed E-state index contributed by atoms with van der Waals surface area (Å²) in [6.07, 6.45) is 5.65. The quantitative estimate of drug-likeness (QED) is 0.779. The van der Waals surface area contributed by atoms with Crippen molar-refractivity contribution in [1.29, 1.82) is 0 Å². The Morgan fingerprint density at radius 2 is 1.56 bits per heavy atom. The van der Waals surface area contributed by atoms with Gasteiger partial charge in [0.15, 0.2) is 6.10 Å². The van der Waals surface area contributed by atoms with Crippen LogP contribution in [0.2, 0.25) is 0 Å². The van der Waals surface area contributed by atoms with Crippen molar-refractivity contribution in [1.82, 2.24) is 0 Å². The van der Waals surface area contributed by atoms with Crippen LogP contribution in [0.25, 0.3) is 0 Å². The van der Waals surface area contributed by atoms with Gasteiger partial charge in [-0.2, -0.15) is 0 Å². The Bertz CT molecular complexity index is 736. The number of hydrogen-bond donors (Lipinski definition) is 2. The van der Waals surface area contributed by atoms with Crippen LogP contribution in [0.1, 0.15) is 55.8 Å². The van der Waals surface area contributed by atoms with Crippen molar-refractivity contribution in [2.45, 2.75) is 51.6 Å². The van der Waals surface area contributed by atoms with Gasteiger partial charge in [-0.05, 0) is 87.5 Å². The summed E-state index contributed by atoms with van der Waals surface area (Å²) in [5, 5.41) is 2.72. The van der Waals surface area contributed by atoms with E-state index in [9.17, 15) is 14.4 Å². The second-order valence-electron chi connectivity index (χ2n) is 8.68. The molecule has 0 saturated heterocycles. The molecule has 6 heteroatoms. The standard InChI is InChI=1S/C21H26N2O4/c1-12(19(25)23-17-4-2-16(3-5-17)18(22)24)27-20(26)21-9-13-6-14(10-21)8-15(7-13)11-21/h2-5,12-15H,6-11H2,1H3,(H2,22,24)(H,23,25)/t12-,13?,14?,15?,21?/m0/s1. The van der Waals surface area contributed by atoms with E-state index in [0.717, 1.165) is 19.3 Å². The Labute approximate surface area is 158 Å². The number of nitrogens with two attached hydrogens (primary N) is 1. The first-order chi connectivity index (χ1) is 12.8. The molecular formula is C21H26N2O4. The maximum atomic E-state index is 12.9. The van der Waals surface area contributed by atoms with Crippen LogP contribution < -0.4 is 11.1 Å². The van der Waals surface area contributed by atoms with Gasteiger partial charge in [-0.25, -0.2) is 0 Å². The van der Waals surface area contributed by atoms with Crippen LogP contribution in [0.15, 0.2) is 24.3 Å². The van der Waals surface area contributed by atoms with E-state index in [-0.39, 0.29) is 17.3 Å². The van der Waals surface area contributed by atoms with Gasteiger partial charge in [0.1, 0.15) is 0 Å². The average molecular weight is 370 g/mol. The van der Waals surface area contributed by atoms with Gasteiger partial charge in [0, 0.05) is 11.3 Å². The highest BCUT2D eigenvalue weighted by atomic mass is 16.5. The van der Waals surface area contributed by atoms with Crippen molar-refractivity contribution in [3.05, 3.63) is 29.8 Å². The van der Waals surface area contributed by atoms with Crippen LogP contribution in [0.3, 0.4) is 0 Å². The molecule has 0 unspecified atom stereocenters. The third kappa shape index (κ3) is 3.45. The Balaban J connectivity index is 1.37. The van der Waals surface area contributed by atoms with Gasteiger partial charge in [0.05, 0.1) is 5.41 Å². The van der Waals surface area contributed by atoms with E-state index in [1.807, 2.05) is 0 Å². The molecule has 2 amide bonds. The lowest BCUT2D eigenvalue weighted by atomic mass is 9.49. The first-order valence-corrected chi connectivity index (χ1v) is 9.76. The number of nitrogens with one attached hydrogen (secondary N) is 1. The van der Waals surface area contributed by atoms with Crippen molar-refractivity contribution in [2.24, 2.45) is 28.9 Å². The van der Waals surface area contributed by atoms with Crippen LogP contribution in [0.4, 0.5) is 5.69 Å². The number of esters is 1. The molecule has 6 nitrogen and oxygen atoms in total. The van der Waals surface area contributed by atoms with E-state index in [0.29, 0.717) is 29.0 Å². The molecule has 1 aromatic rings. The van der Waals surface area contributed by atoms with E-state index in [4.69, 9.17) is 10.5 Å². The van der Waals surface area contributed by atoms with Crippen LogP contribution in [0, 0.1) is 23.2 Å². The van der Waals surface area contributed by atoms with Crippen LogP contribution >= 0.6 is 0 Å². The fraction of sp³-hybridized carbons (Fsp3) is 0.571. The van der Waals surface area contributed by atoms with E-state index >= 15 is 0 Å². The van der Waals surface area contributed by atoms with Gasteiger partial charge < -0.3 is 15.8 Å². The minimum atomic E-state index is -0.860. The molecule has 0 aliphatic heterocycles. The first kappa shape index (κ1) is 18.0. The summed E-state index contributed by atoms with van der Waals surface area (Å²) in [4.78, 5) is 36.4. The molecule has 0 radical (unpaired) electrons. The van der Waals surface area contributed by atoms with E-state index in [1.165, 1.54) is 19.3 Å².